The van der Waals surface area contributed by atoms with Crippen molar-refractivity contribution in [2.45, 2.75) is 0 Å². The zero-order valence-electron chi connectivity index (χ0n) is 10.2. The van der Waals surface area contributed by atoms with Crippen LogP contribution in [0.4, 0.5) is 0 Å². The molecule has 0 N–H and O–H groups in total. The first-order chi connectivity index (χ1) is 9.36. The Morgan fingerprint density at radius 2 is 1.32 bits per heavy atom. The van der Waals surface area contributed by atoms with Crippen LogP contribution < -0.4 is 5.11 Å². The van der Waals surface area contributed by atoms with Crippen LogP contribution in [0, 0.1) is 0 Å². The lowest BCUT2D eigenvalue weighted by molar-refractivity contribution is -0.274. The molecule has 0 aliphatic carbocycles. The van der Waals surface area contributed by atoms with Gasteiger partial charge in [-0.1, -0.05) is 60.7 Å². The van der Waals surface area contributed by atoms with E-state index >= 15 is 0 Å². The van der Waals surface area contributed by atoms with Gasteiger partial charge in [0.05, 0.1) is 6.20 Å². The monoisotopic (exact) mass is 247 g/mol. The SMILES string of the molecule is [O-]c1nncc(-c2ccccc2)c1-c1ccccc1. The number of nitrogens with zero attached hydrogens (tertiary/aromatic N) is 2. The minimum atomic E-state index is -0.299. The molecule has 0 spiro atoms. The molecule has 0 aliphatic rings. The second-order valence-electron chi connectivity index (χ2n) is 4.17. The first-order valence-corrected chi connectivity index (χ1v) is 6.00. The van der Waals surface area contributed by atoms with Gasteiger partial charge in [-0.25, -0.2) is 0 Å². The summed E-state index contributed by atoms with van der Waals surface area (Å²) in [6.07, 6.45) is 1.64. The molecule has 1 aromatic heterocycles. The van der Waals surface area contributed by atoms with Gasteiger partial charge in [0.1, 0.15) is 0 Å². The van der Waals surface area contributed by atoms with Crippen LogP contribution in [0.5, 0.6) is 5.88 Å². The Bertz CT molecular complexity index is 682. The predicted octanol–water partition coefficient (Wildman–Crippen LogP) is 2.88. The minimum absolute atomic E-state index is 0.299. The van der Waals surface area contributed by atoms with Crippen LogP contribution in [0.2, 0.25) is 0 Å². The third-order valence-electron chi connectivity index (χ3n) is 2.97. The molecule has 0 bridgehead atoms. The van der Waals surface area contributed by atoms with Crippen molar-refractivity contribution < 1.29 is 5.11 Å². The molecule has 3 aromatic rings. The van der Waals surface area contributed by atoms with Crippen LogP contribution in [0.1, 0.15) is 0 Å². The van der Waals surface area contributed by atoms with Gasteiger partial charge in [-0.15, -0.1) is 0 Å². The normalized spacial score (nSPS) is 10.3. The Balaban J connectivity index is 2.25. The largest absolute Gasteiger partial charge is 0.857 e. The van der Waals surface area contributed by atoms with Crippen molar-refractivity contribution in [1.82, 2.24) is 10.2 Å². The number of hydrogen-bond acceptors (Lipinski definition) is 3. The lowest BCUT2D eigenvalue weighted by atomic mass is 9.97. The van der Waals surface area contributed by atoms with Crippen molar-refractivity contribution in [3.8, 4) is 28.1 Å². The number of benzene rings is 2. The molecule has 0 atom stereocenters. The molecular weight excluding hydrogens is 236 g/mol. The highest BCUT2D eigenvalue weighted by Gasteiger charge is 2.09. The quantitative estimate of drug-likeness (QED) is 0.699. The van der Waals surface area contributed by atoms with E-state index in [2.05, 4.69) is 10.2 Å². The fourth-order valence-electron chi connectivity index (χ4n) is 2.09. The van der Waals surface area contributed by atoms with Gasteiger partial charge >= 0.3 is 0 Å². The standard InChI is InChI=1S/C16H12N2O/c19-16-15(13-9-5-2-6-10-13)14(11-17-18-16)12-7-3-1-4-8-12/h1-11H,(H,18,19)/p-1. The third kappa shape index (κ3) is 2.18. The van der Waals surface area contributed by atoms with E-state index in [1.807, 2.05) is 60.7 Å². The molecule has 3 heteroatoms. The molecule has 0 fully saturated rings. The van der Waals surface area contributed by atoms with Crippen molar-refractivity contribution >= 4 is 0 Å². The van der Waals surface area contributed by atoms with Crippen LogP contribution in [-0.2, 0) is 0 Å². The minimum Gasteiger partial charge on any atom is -0.857 e. The van der Waals surface area contributed by atoms with Crippen LogP contribution in [-0.4, -0.2) is 10.2 Å². The summed E-state index contributed by atoms with van der Waals surface area (Å²) in [4.78, 5) is 0. The van der Waals surface area contributed by atoms with E-state index in [4.69, 9.17) is 0 Å². The van der Waals surface area contributed by atoms with E-state index in [9.17, 15) is 5.11 Å². The van der Waals surface area contributed by atoms with Crippen molar-refractivity contribution in [3.05, 3.63) is 66.9 Å². The molecule has 19 heavy (non-hydrogen) atoms. The Labute approximate surface area is 111 Å². The molecule has 1 heterocycles. The van der Waals surface area contributed by atoms with Crippen LogP contribution in [0.3, 0.4) is 0 Å². The topological polar surface area (TPSA) is 48.8 Å². The van der Waals surface area contributed by atoms with Crippen LogP contribution >= 0.6 is 0 Å². The van der Waals surface area contributed by atoms with Crippen molar-refractivity contribution in [3.63, 3.8) is 0 Å². The lowest BCUT2D eigenvalue weighted by Crippen LogP contribution is -2.01. The Hall–Kier alpha value is -2.68. The molecule has 0 saturated heterocycles. The summed E-state index contributed by atoms with van der Waals surface area (Å²) in [5.41, 5.74) is 3.24. The average Bonchev–Trinajstić information content (AvgIpc) is 2.49. The zero-order chi connectivity index (χ0) is 13.1. The highest BCUT2D eigenvalue weighted by molar-refractivity contribution is 5.85. The van der Waals surface area contributed by atoms with Gasteiger partial charge < -0.3 is 5.11 Å². The van der Waals surface area contributed by atoms with Gasteiger partial charge in [-0.3, -0.25) is 0 Å². The zero-order valence-corrected chi connectivity index (χ0v) is 10.2. The highest BCUT2D eigenvalue weighted by Crippen LogP contribution is 2.34. The van der Waals surface area contributed by atoms with Gasteiger partial charge in [-0.2, -0.15) is 10.2 Å². The molecule has 0 aliphatic heterocycles. The van der Waals surface area contributed by atoms with Gasteiger partial charge in [0, 0.05) is 17.0 Å². The molecule has 0 saturated carbocycles. The number of hydrogen-bond donors (Lipinski definition) is 0. The molecule has 2 aromatic carbocycles. The summed E-state index contributed by atoms with van der Waals surface area (Å²) >= 11 is 0. The molecule has 3 nitrogen and oxygen atoms in total. The molecule has 3 rings (SSSR count). The van der Waals surface area contributed by atoms with Gasteiger partial charge in [0.15, 0.2) is 0 Å². The molecule has 0 amide bonds. The second kappa shape index (κ2) is 4.90. The summed E-state index contributed by atoms with van der Waals surface area (Å²) in [6, 6.07) is 19.3. The van der Waals surface area contributed by atoms with Crippen LogP contribution in [0.15, 0.2) is 66.9 Å². The molecule has 0 radical (unpaired) electrons. The predicted molar refractivity (Wildman–Crippen MR) is 72.4 cm³/mol. The maximum absolute atomic E-state index is 12.0. The van der Waals surface area contributed by atoms with E-state index in [0.29, 0.717) is 5.56 Å². The van der Waals surface area contributed by atoms with Crippen LogP contribution in [0.25, 0.3) is 22.3 Å². The van der Waals surface area contributed by atoms with E-state index in [1.54, 1.807) is 6.20 Å². The summed E-state index contributed by atoms with van der Waals surface area (Å²) in [5, 5.41) is 19.5. The maximum Gasteiger partial charge on any atom is 0.0580 e. The fraction of sp³-hybridized carbons (Fsp3) is 0. The third-order valence-corrected chi connectivity index (χ3v) is 2.97. The summed E-state index contributed by atoms with van der Waals surface area (Å²) in [7, 11) is 0. The van der Waals surface area contributed by atoms with Gasteiger partial charge in [-0.05, 0) is 11.1 Å². The maximum atomic E-state index is 12.0. The molecular formula is C16H11N2O-. The molecule has 0 unspecified atom stereocenters. The summed E-state index contributed by atoms with van der Waals surface area (Å²) in [5.74, 6) is -0.299. The number of aromatic nitrogens is 2. The average molecular weight is 247 g/mol. The highest BCUT2D eigenvalue weighted by atomic mass is 16.3. The molecule has 92 valence electrons. The Kier molecular flexibility index (Phi) is 2.94. The van der Waals surface area contributed by atoms with E-state index in [-0.39, 0.29) is 5.88 Å². The Morgan fingerprint density at radius 1 is 0.737 bits per heavy atom. The second-order valence-corrected chi connectivity index (χ2v) is 4.17. The first-order valence-electron chi connectivity index (χ1n) is 6.00. The Morgan fingerprint density at radius 3 is 1.95 bits per heavy atom. The van der Waals surface area contributed by atoms with E-state index in [0.717, 1.165) is 16.7 Å². The summed E-state index contributed by atoms with van der Waals surface area (Å²) in [6.45, 7) is 0. The lowest BCUT2D eigenvalue weighted by Gasteiger charge is -2.16. The van der Waals surface area contributed by atoms with E-state index in [1.165, 1.54) is 0 Å². The smallest absolute Gasteiger partial charge is 0.0580 e. The van der Waals surface area contributed by atoms with Crippen molar-refractivity contribution in [2.24, 2.45) is 0 Å². The van der Waals surface area contributed by atoms with Crippen molar-refractivity contribution in [2.75, 3.05) is 0 Å². The van der Waals surface area contributed by atoms with Gasteiger partial charge in [0.25, 0.3) is 0 Å². The number of rotatable bonds is 2. The van der Waals surface area contributed by atoms with Crippen molar-refractivity contribution in [1.29, 1.82) is 0 Å². The van der Waals surface area contributed by atoms with E-state index < -0.39 is 0 Å². The first kappa shape index (κ1) is 11.4. The van der Waals surface area contributed by atoms with Gasteiger partial charge in [0.2, 0.25) is 0 Å². The fourth-order valence-corrected chi connectivity index (χ4v) is 2.09. The summed E-state index contributed by atoms with van der Waals surface area (Å²) < 4.78 is 0.